The molecule has 12 nitrogen and oxygen atoms in total. The Kier molecular flexibility index (Phi) is 11.8. The summed E-state index contributed by atoms with van der Waals surface area (Å²) in [6.45, 7) is 0.526. The lowest BCUT2D eigenvalue weighted by atomic mass is 10.0. The average Bonchev–Trinajstić information content (AvgIpc) is 2.89. The van der Waals surface area contributed by atoms with E-state index >= 15 is 0 Å². The number of hydrogen-bond donors (Lipinski definition) is 6. The standard InChI is InChI=1S/C26H33N5O7/c1-28-10-4-8-21(25(37)29-18(15-33)14-23(34)35)31-26(38)22(9-5-11-32)30-24(36)19-12-16-6-2-3-7-17(16)13-20(19)27/h2-3,6-7,11-13,15,18,21-22,28H,4-5,8-10,14,27H2,1H3,(H,29,37)(H,30,36)(H,31,38)(H,34,35)/t18-,21-,22-/m0/s1. The van der Waals surface area contributed by atoms with Crippen LogP contribution in [-0.2, 0) is 24.0 Å². The fourth-order valence-corrected chi connectivity index (χ4v) is 3.82. The lowest BCUT2D eigenvalue weighted by Gasteiger charge is -2.24. The van der Waals surface area contributed by atoms with Crippen molar-refractivity contribution in [1.29, 1.82) is 0 Å². The predicted octanol–water partition coefficient (Wildman–Crippen LogP) is 0.142. The molecule has 0 radical (unpaired) electrons. The topological polar surface area (TPSA) is 197 Å². The maximum atomic E-state index is 13.2. The van der Waals surface area contributed by atoms with Gasteiger partial charge in [0.05, 0.1) is 18.0 Å². The second-order valence-electron chi connectivity index (χ2n) is 8.71. The molecule has 0 saturated carbocycles. The molecule has 0 aliphatic rings. The number of nitrogens with one attached hydrogen (secondary N) is 4. The van der Waals surface area contributed by atoms with Crippen molar-refractivity contribution in [2.75, 3.05) is 19.3 Å². The first kappa shape index (κ1) is 29.9. The Balaban J connectivity index is 2.21. The minimum atomic E-state index is -1.28. The van der Waals surface area contributed by atoms with E-state index in [1.807, 2.05) is 24.3 Å². The van der Waals surface area contributed by atoms with Gasteiger partial charge in [0.15, 0.2) is 0 Å². The monoisotopic (exact) mass is 527 g/mol. The first-order valence-corrected chi connectivity index (χ1v) is 12.1. The van der Waals surface area contributed by atoms with Crippen LogP contribution in [0.5, 0.6) is 0 Å². The Bertz CT molecular complexity index is 1170. The summed E-state index contributed by atoms with van der Waals surface area (Å²) in [6.07, 6.45) is 0.872. The number of amides is 3. The van der Waals surface area contributed by atoms with Gasteiger partial charge < -0.3 is 41.7 Å². The van der Waals surface area contributed by atoms with Gasteiger partial charge in [0.25, 0.3) is 5.91 Å². The number of nitrogens with two attached hydrogens (primary N) is 1. The Hall–Kier alpha value is -4.32. The molecular formula is C26H33N5O7. The second kappa shape index (κ2) is 15.1. The molecule has 0 unspecified atom stereocenters. The van der Waals surface area contributed by atoms with Gasteiger partial charge in [-0.2, -0.15) is 0 Å². The van der Waals surface area contributed by atoms with Crippen LogP contribution >= 0.6 is 0 Å². The molecule has 0 spiro atoms. The van der Waals surface area contributed by atoms with E-state index < -0.39 is 48.2 Å². The van der Waals surface area contributed by atoms with E-state index in [9.17, 15) is 28.8 Å². The van der Waals surface area contributed by atoms with Gasteiger partial charge in [0.1, 0.15) is 24.7 Å². The molecule has 0 aliphatic heterocycles. The van der Waals surface area contributed by atoms with E-state index in [1.165, 1.54) is 0 Å². The van der Waals surface area contributed by atoms with Gasteiger partial charge in [0, 0.05) is 12.1 Å². The molecule has 0 saturated heterocycles. The van der Waals surface area contributed by atoms with E-state index in [2.05, 4.69) is 21.3 Å². The van der Waals surface area contributed by atoms with Crippen molar-refractivity contribution in [1.82, 2.24) is 21.3 Å². The molecule has 2 aromatic rings. The normalized spacial score (nSPS) is 13.1. The number of carboxylic acid groups (broad SMARTS) is 1. The zero-order valence-electron chi connectivity index (χ0n) is 21.1. The van der Waals surface area contributed by atoms with E-state index in [4.69, 9.17) is 10.8 Å². The molecule has 2 rings (SSSR count). The number of carbonyl (C=O) groups is 6. The van der Waals surface area contributed by atoms with Gasteiger partial charge in [-0.15, -0.1) is 0 Å². The van der Waals surface area contributed by atoms with Crippen LogP contribution in [0.4, 0.5) is 5.69 Å². The van der Waals surface area contributed by atoms with Gasteiger partial charge in [-0.05, 0) is 55.8 Å². The number of anilines is 1. The third-order valence-corrected chi connectivity index (χ3v) is 5.80. The minimum Gasteiger partial charge on any atom is -0.481 e. The van der Waals surface area contributed by atoms with Crippen molar-refractivity contribution in [3.05, 3.63) is 42.0 Å². The fourth-order valence-electron chi connectivity index (χ4n) is 3.82. The maximum absolute atomic E-state index is 13.2. The third-order valence-electron chi connectivity index (χ3n) is 5.80. The summed E-state index contributed by atoms with van der Waals surface area (Å²) in [5.74, 6) is -3.36. The minimum absolute atomic E-state index is 0.0324. The average molecular weight is 528 g/mol. The highest BCUT2D eigenvalue weighted by atomic mass is 16.4. The van der Waals surface area contributed by atoms with Crippen LogP contribution in [0.15, 0.2) is 36.4 Å². The van der Waals surface area contributed by atoms with Crippen molar-refractivity contribution in [3.8, 4) is 0 Å². The smallest absolute Gasteiger partial charge is 0.305 e. The maximum Gasteiger partial charge on any atom is 0.305 e. The molecule has 3 atom stereocenters. The van der Waals surface area contributed by atoms with Crippen molar-refractivity contribution < 1.29 is 33.9 Å². The van der Waals surface area contributed by atoms with E-state index in [-0.39, 0.29) is 30.5 Å². The SMILES string of the molecule is CNCCC[C@H](NC(=O)[C@H](CCC=O)NC(=O)c1cc2ccccc2cc1N)C(=O)N[C@H](C=O)CC(=O)O. The number of nitrogen functional groups attached to an aromatic ring is 1. The summed E-state index contributed by atoms with van der Waals surface area (Å²) in [6, 6.07) is 7.00. The fraction of sp³-hybridized carbons (Fsp3) is 0.385. The highest BCUT2D eigenvalue weighted by Gasteiger charge is 2.28. The molecule has 0 fully saturated rings. The van der Waals surface area contributed by atoms with Crippen LogP contribution in [0.3, 0.4) is 0 Å². The zero-order chi connectivity index (χ0) is 28.1. The number of carboxylic acids is 1. The van der Waals surface area contributed by atoms with Gasteiger partial charge in [-0.1, -0.05) is 24.3 Å². The summed E-state index contributed by atoms with van der Waals surface area (Å²) < 4.78 is 0. The molecule has 3 amide bonds. The number of rotatable bonds is 16. The molecule has 0 bridgehead atoms. The number of fused-ring (bicyclic) bond motifs is 1. The van der Waals surface area contributed by atoms with Crippen LogP contribution in [0, 0.1) is 0 Å². The van der Waals surface area contributed by atoms with Crippen molar-refractivity contribution >= 4 is 52.7 Å². The first-order chi connectivity index (χ1) is 18.2. The van der Waals surface area contributed by atoms with Gasteiger partial charge in [-0.3, -0.25) is 19.2 Å². The molecule has 2 aromatic carbocycles. The van der Waals surface area contributed by atoms with Crippen molar-refractivity contribution in [2.45, 2.75) is 50.2 Å². The van der Waals surface area contributed by atoms with Crippen LogP contribution in [0.1, 0.15) is 42.5 Å². The number of aliphatic carboxylic acids is 1. The van der Waals surface area contributed by atoms with Gasteiger partial charge >= 0.3 is 5.97 Å². The molecule has 7 N–H and O–H groups in total. The van der Waals surface area contributed by atoms with E-state index in [1.54, 1.807) is 19.2 Å². The number of aldehydes is 2. The number of hydrogen-bond acceptors (Lipinski definition) is 8. The van der Waals surface area contributed by atoms with E-state index in [0.717, 1.165) is 10.8 Å². The van der Waals surface area contributed by atoms with Crippen LogP contribution in [0.25, 0.3) is 10.8 Å². The molecule has 204 valence electrons. The van der Waals surface area contributed by atoms with Crippen LogP contribution < -0.4 is 27.0 Å². The lowest BCUT2D eigenvalue weighted by Crippen LogP contribution is -2.55. The molecule has 0 heterocycles. The summed E-state index contributed by atoms with van der Waals surface area (Å²) in [4.78, 5) is 72.2. The lowest BCUT2D eigenvalue weighted by molar-refractivity contribution is -0.139. The number of carbonyl (C=O) groups excluding carboxylic acids is 5. The molecule has 0 aliphatic carbocycles. The predicted molar refractivity (Wildman–Crippen MR) is 140 cm³/mol. The van der Waals surface area contributed by atoms with Crippen LogP contribution in [0.2, 0.25) is 0 Å². The molecule has 12 heteroatoms. The zero-order valence-corrected chi connectivity index (χ0v) is 21.1. The summed E-state index contributed by atoms with van der Waals surface area (Å²) >= 11 is 0. The van der Waals surface area contributed by atoms with Crippen molar-refractivity contribution in [2.24, 2.45) is 0 Å². The molecule has 0 aromatic heterocycles. The van der Waals surface area contributed by atoms with Gasteiger partial charge in [-0.25, -0.2) is 0 Å². The summed E-state index contributed by atoms with van der Waals surface area (Å²) in [5.41, 5.74) is 6.43. The Labute approximate surface area is 219 Å². The quantitative estimate of drug-likeness (QED) is 0.0999. The highest BCUT2D eigenvalue weighted by molar-refractivity contribution is 6.05. The van der Waals surface area contributed by atoms with Crippen molar-refractivity contribution in [3.63, 3.8) is 0 Å². The summed E-state index contributed by atoms with van der Waals surface area (Å²) in [7, 11) is 1.71. The van der Waals surface area contributed by atoms with Crippen LogP contribution in [-0.4, -0.2) is 73.1 Å². The Morgan fingerprint density at radius 1 is 0.947 bits per heavy atom. The summed E-state index contributed by atoms with van der Waals surface area (Å²) in [5, 5.41) is 20.9. The largest absolute Gasteiger partial charge is 0.481 e. The highest BCUT2D eigenvalue weighted by Crippen LogP contribution is 2.22. The number of benzene rings is 2. The molecular weight excluding hydrogens is 494 g/mol. The third kappa shape index (κ3) is 8.96. The van der Waals surface area contributed by atoms with E-state index in [0.29, 0.717) is 25.5 Å². The second-order valence-corrected chi connectivity index (χ2v) is 8.71. The van der Waals surface area contributed by atoms with Gasteiger partial charge in [0.2, 0.25) is 11.8 Å². The first-order valence-electron chi connectivity index (χ1n) is 12.1. The Morgan fingerprint density at radius 3 is 2.18 bits per heavy atom. The Morgan fingerprint density at radius 2 is 1.58 bits per heavy atom. The molecule has 38 heavy (non-hydrogen) atoms.